The number of nitrogens with zero attached hydrogens (tertiary/aromatic N) is 1. The Kier molecular flexibility index (Phi) is 6.86. The number of phenolic OH excluding ortho intramolecular Hbond substituents is 1. The molecular formula is C19H17IN2O4. The normalized spacial score (nSPS) is 10.8. The molecule has 0 aliphatic carbocycles. The van der Waals surface area contributed by atoms with Crippen molar-refractivity contribution >= 4 is 40.3 Å². The summed E-state index contributed by atoms with van der Waals surface area (Å²) < 4.78 is 11.7. The monoisotopic (exact) mass is 464 g/mol. The van der Waals surface area contributed by atoms with Crippen LogP contribution in [0.3, 0.4) is 0 Å². The topological polar surface area (TPSA) is 91.6 Å². The van der Waals surface area contributed by atoms with Gasteiger partial charge in [0.05, 0.1) is 17.3 Å². The van der Waals surface area contributed by atoms with Crippen molar-refractivity contribution in [2.45, 2.75) is 6.92 Å². The summed E-state index contributed by atoms with van der Waals surface area (Å²) in [4.78, 5) is 12.3. The van der Waals surface area contributed by atoms with E-state index in [4.69, 9.17) is 9.47 Å². The number of phenols is 1. The zero-order valence-electron chi connectivity index (χ0n) is 14.2. The van der Waals surface area contributed by atoms with Gasteiger partial charge < -0.3 is 19.9 Å². The summed E-state index contributed by atoms with van der Waals surface area (Å²) in [6.07, 6.45) is 1.48. The second kappa shape index (κ2) is 9.10. The average molecular weight is 464 g/mol. The van der Waals surface area contributed by atoms with Crippen molar-refractivity contribution in [3.8, 4) is 23.3 Å². The molecule has 7 heteroatoms. The summed E-state index contributed by atoms with van der Waals surface area (Å²) >= 11 is 2.11. The standard InChI is InChI=1S/C19H17IN2O4/c1-3-26-18-16(20)9-12(10-17(18)25-2)8-13(11-21)19(24)22-14-4-6-15(23)7-5-14/h4-10,23H,3H2,1-2H3,(H,22,24)/b13-8-. The highest BCUT2D eigenvalue weighted by molar-refractivity contribution is 14.1. The van der Waals surface area contributed by atoms with Crippen molar-refractivity contribution in [2.75, 3.05) is 19.0 Å². The quantitative estimate of drug-likeness (QED) is 0.293. The third-order valence-electron chi connectivity index (χ3n) is 3.34. The van der Waals surface area contributed by atoms with Gasteiger partial charge in [-0.25, -0.2) is 0 Å². The first-order valence-corrected chi connectivity index (χ1v) is 8.78. The third kappa shape index (κ3) is 4.89. The minimum absolute atomic E-state index is 0.0555. The van der Waals surface area contributed by atoms with Crippen LogP contribution >= 0.6 is 22.6 Å². The number of amides is 1. The molecule has 0 heterocycles. The average Bonchev–Trinajstić information content (AvgIpc) is 2.63. The Balaban J connectivity index is 2.30. The van der Waals surface area contributed by atoms with Crippen molar-refractivity contribution in [3.63, 3.8) is 0 Å². The lowest BCUT2D eigenvalue weighted by molar-refractivity contribution is -0.112. The van der Waals surface area contributed by atoms with Crippen LogP contribution in [0.25, 0.3) is 6.08 Å². The minimum atomic E-state index is -0.541. The Bertz CT molecular complexity index is 870. The second-order valence-corrected chi connectivity index (χ2v) is 6.30. The number of halogens is 1. The molecule has 2 aromatic rings. The molecular weight excluding hydrogens is 447 g/mol. The molecule has 2 N–H and O–H groups in total. The van der Waals surface area contributed by atoms with Gasteiger partial charge in [0.2, 0.25) is 0 Å². The largest absolute Gasteiger partial charge is 0.508 e. The molecule has 0 radical (unpaired) electrons. The molecule has 6 nitrogen and oxygen atoms in total. The highest BCUT2D eigenvalue weighted by Crippen LogP contribution is 2.34. The van der Waals surface area contributed by atoms with Crippen LogP contribution in [0.15, 0.2) is 42.0 Å². The molecule has 0 aromatic heterocycles. The van der Waals surface area contributed by atoms with Crippen molar-refractivity contribution in [3.05, 3.63) is 51.1 Å². The van der Waals surface area contributed by atoms with Crippen LogP contribution in [0.5, 0.6) is 17.2 Å². The number of methoxy groups -OCH3 is 1. The molecule has 2 rings (SSSR count). The maximum Gasteiger partial charge on any atom is 0.266 e. The van der Waals surface area contributed by atoms with Gasteiger partial charge in [-0.2, -0.15) is 5.26 Å². The van der Waals surface area contributed by atoms with E-state index >= 15 is 0 Å². The van der Waals surface area contributed by atoms with Crippen LogP contribution in [0, 0.1) is 14.9 Å². The first-order valence-electron chi connectivity index (χ1n) is 7.71. The SMILES string of the molecule is CCOc1c(I)cc(/C=C(/C#N)C(=O)Nc2ccc(O)cc2)cc1OC. The number of ether oxygens (including phenoxy) is 2. The second-order valence-electron chi connectivity index (χ2n) is 5.14. The molecule has 0 bridgehead atoms. The Morgan fingerprint density at radius 1 is 1.35 bits per heavy atom. The number of hydrogen-bond acceptors (Lipinski definition) is 5. The summed E-state index contributed by atoms with van der Waals surface area (Å²) in [7, 11) is 1.53. The summed E-state index contributed by atoms with van der Waals surface area (Å²) in [6.45, 7) is 2.38. The summed E-state index contributed by atoms with van der Waals surface area (Å²) in [5.41, 5.74) is 1.07. The van der Waals surface area contributed by atoms with E-state index in [2.05, 4.69) is 27.9 Å². The van der Waals surface area contributed by atoms with Gasteiger partial charge in [-0.3, -0.25) is 4.79 Å². The summed E-state index contributed by atoms with van der Waals surface area (Å²) in [5, 5.41) is 21.2. The zero-order chi connectivity index (χ0) is 19.1. The molecule has 0 aliphatic heterocycles. The number of carbonyl (C=O) groups excluding carboxylic acids is 1. The zero-order valence-corrected chi connectivity index (χ0v) is 16.4. The maximum absolute atomic E-state index is 12.3. The number of aromatic hydroxyl groups is 1. The Morgan fingerprint density at radius 2 is 2.04 bits per heavy atom. The summed E-state index contributed by atoms with van der Waals surface area (Å²) in [6, 6.07) is 11.4. The highest BCUT2D eigenvalue weighted by Gasteiger charge is 2.13. The Hall–Kier alpha value is -2.73. The number of benzene rings is 2. The Morgan fingerprint density at radius 3 is 2.62 bits per heavy atom. The van der Waals surface area contributed by atoms with E-state index in [0.717, 1.165) is 3.57 Å². The molecule has 0 aliphatic rings. The van der Waals surface area contributed by atoms with Gasteiger partial charge in [0.15, 0.2) is 11.5 Å². The number of nitriles is 1. The predicted molar refractivity (Wildman–Crippen MR) is 107 cm³/mol. The number of carbonyl (C=O) groups is 1. The first kappa shape index (κ1) is 19.6. The van der Waals surface area contributed by atoms with Gasteiger partial charge in [0.25, 0.3) is 5.91 Å². The van der Waals surface area contributed by atoms with Crippen LogP contribution in [-0.2, 0) is 4.79 Å². The van der Waals surface area contributed by atoms with E-state index in [9.17, 15) is 15.2 Å². The Labute approximate surface area is 165 Å². The van der Waals surface area contributed by atoms with E-state index in [1.165, 1.54) is 25.3 Å². The first-order chi connectivity index (χ1) is 12.5. The molecule has 2 aromatic carbocycles. The van der Waals surface area contributed by atoms with E-state index in [1.54, 1.807) is 24.3 Å². The highest BCUT2D eigenvalue weighted by atomic mass is 127. The number of hydrogen-bond donors (Lipinski definition) is 2. The van der Waals surface area contributed by atoms with Crippen molar-refractivity contribution in [1.29, 1.82) is 5.26 Å². The van der Waals surface area contributed by atoms with Crippen LogP contribution in [0.1, 0.15) is 12.5 Å². The molecule has 1 amide bonds. The van der Waals surface area contributed by atoms with Gasteiger partial charge in [-0.1, -0.05) is 0 Å². The van der Waals surface area contributed by atoms with Gasteiger partial charge in [-0.15, -0.1) is 0 Å². The van der Waals surface area contributed by atoms with Crippen molar-refractivity contribution in [2.24, 2.45) is 0 Å². The van der Waals surface area contributed by atoms with E-state index in [1.807, 2.05) is 13.0 Å². The van der Waals surface area contributed by atoms with Gasteiger partial charge in [-0.05, 0) is 77.6 Å². The molecule has 0 fully saturated rings. The minimum Gasteiger partial charge on any atom is -0.508 e. The van der Waals surface area contributed by atoms with Crippen molar-refractivity contribution in [1.82, 2.24) is 0 Å². The van der Waals surface area contributed by atoms with E-state index in [0.29, 0.717) is 29.4 Å². The van der Waals surface area contributed by atoms with Crippen molar-refractivity contribution < 1.29 is 19.4 Å². The van der Waals surface area contributed by atoms with Crippen LogP contribution < -0.4 is 14.8 Å². The van der Waals surface area contributed by atoms with Crippen LogP contribution in [0.2, 0.25) is 0 Å². The third-order valence-corrected chi connectivity index (χ3v) is 4.14. The lowest BCUT2D eigenvalue weighted by atomic mass is 10.1. The van der Waals surface area contributed by atoms with Crippen LogP contribution in [-0.4, -0.2) is 24.7 Å². The van der Waals surface area contributed by atoms with E-state index < -0.39 is 5.91 Å². The molecule has 0 saturated heterocycles. The molecule has 26 heavy (non-hydrogen) atoms. The molecule has 0 unspecified atom stereocenters. The number of nitrogens with one attached hydrogen (secondary N) is 1. The molecule has 0 atom stereocenters. The lowest BCUT2D eigenvalue weighted by Gasteiger charge is -2.12. The molecule has 0 spiro atoms. The molecule has 134 valence electrons. The summed E-state index contributed by atoms with van der Waals surface area (Å²) in [5.74, 6) is 0.706. The molecule has 0 saturated carbocycles. The fourth-order valence-electron chi connectivity index (χ4n) is 2.17. The predicted octanol–water partition coefficient (Wildman–Crippen LogP) is 3.95. The smallest absolute Gasteiger partial charge is 0.266 e. The van der Waals surface area contributed by atoms with E-state index in [-0.39, 0.29) is 11.3 Å². The number of rotatable bonds is 6. The number of anilines is 1. The van der Waals surface area contributed by atoms with Crippen LogP contribution in [0.4, 0.5) is 5.69 Å². The van der Waals surface area contributed by atoms with Gasteiger partial charge in [0.1, 0.15) is 17.4 Å². The fraction of sp³-hybridized carbons (Fsp3) is 0.158. The lowest BCUT2D eigenvalue weighted by Crippen LogP contribution is -2.13. The fourth-order valence-corrected chi connectivity index (χ4v) is 2.95. The van der Waals surface area contributed by atoms with Gasteiger partial charge >= 0.3 is 0 Å². The van der Waals surface area contributed by atoms with Gasteiger partial charge in [0, 0.05) is 5.69 Å². The maximum atomic E-state index is 12.3.